The third-order valence-electron chi connectivity index (χ3n) is 3.92. The molecule has 0 spiro atoms. The Kier molecular flexibility index (Phi) is 5.78. The topological polar surface area (TPSA) is 76.1 Å². The van der Waals surface area contributed by atoms with Crippen LogP contribution in [-0.2, 0) is 6.54 Å². The number of rotatable bonds is 6. The molecule has 0 saturated carbocycles. The lowest BCUT2D eigenvalue weighted by Gasteiger charge is -2.11. The first-order chi connectivity index (χ1) is 13.5. The summed E-state index contributed by atoms with van der Waals surface area (Å²) in [6.07, 6.45) is 0. The maximum absolute atomic E-state index is 13.8. The highest BCUT2D eigenvalue weighted by atomic mass is 19.1. The van der Waals surface area contributed by atoms with E-state index in [1.54, 1.807) is 20.1 Å². The van der Waals surface area contributed by atoms with Crippen molar-refractivity contribution in [3.05, 3.63) is 77.2 Å². The Balaban J connectivity index is 1.78. The van der Waals surface area contributed by atoms with Gasteiger partial charge in [-0.1, -0.05) is 24.3 Å². The fourth-order valence-electron chi connectivity index (χ4n) is 2.61. The molecule has 1 heterocycles. The van der Waals surface area contributed by atoms with E-state index in [2.05, 4.69) is 20.6 Å². The van der Waals surface area contributed by atoms with Crippen molar-refractivity contribution in [1.29, 1.82) is 0 Å². The molecule has 2 aromatic carbocycles. The van der Waals surface area contributed by atoms with Crippen LogP contribution >= 0.6 is 0 Å². The smallest absolute Gasteiger partial charge is 0.270 e. The van der Waals surface area contributed by atoms with Crippen molar-refractivity contribution < 1.29 is 18.3 Å². The van der Waals surface area contributed by atoms with Crippen LogP contribution in [0, 0.1) is 18.6 Å². The van der Waals surface area contributed by atoms with Crippen LogP contribution in [-0.4, -0.2) is 23.0 Å². The highest BCUT2D eigenvalue weighted by Gasteiger charge is 2.14. The molecule has 1 amide bonds. The van der Waals surface area contributed by atoms with Crippen molar-refractivity contribution in [2.24, 2.45) is 0 Å². The molecule has 0 unspecified atom stereocenters. The standard InChI is InChI=1S/C20H18F2N4O2/c1-12-24-16(20(27)23-11-13-6-3-4-9-17(13)28-2)10-18(25-12)26-19-14(21)7-5-8-15(19)22/h3-10H,11H2,1-2H3,(H,23,27)(H,24,25,26). The molecule has 0 radical (unpaired) electrons. The number of ether oxygens (including phenoxy) is 1. The molecule has 0 aliphatic carbocycles. The van der Waals surface area contributed by atoms with Gasteiger partial charge in [-0.15, -0.1) is 0 Å². The number of nitrogens with one attached hydrogen (secondary N) is 2. The van der Waals surface area contributed by atoms with Gasteiger partial charge in [0.25, 0.3) is 5.91 Å². The van der Waals surface area contributed by atoms with Gasteiger partial charge in [0, 0.05) is 18.2 Å². The third-order valence-corrected chi connectivity index (χ3v) is 3.92. The van der Waals surface area contributed by atoms with E-state index in [-0.39, 0.29) is 29.6 Å². The minimum absolute atomic E-state index is 0.0710. The van der Waals surface area contributed by atoms with E-state index in [1.807, 2.05) is 18.2 Å². The summed E-state index contributed by atoms with van der Waals surface area (Å²) >= 11 is 0. The summed E-state index contributed by atoms with van der Waals surface area (Å²) in [5, 5.41) is 5.31. The van der Waals surface area contributed by atoms with Crippen molar-refractivity contribution >= 4 is 17.4 Å². The van der Waals surface area contributed by atoms with Crippen LogP contribution in [0.15, 0.2) is 48.5 Å². The van der Waals surface area contributed by atoms with Crippen LogP contribution < -0.4 is 15.4 Å². The zero-order valence-corrected chi connectivity index (χ0v) is 15.3. The van der Waals surface area contributed by atoms with Gasteiger partial charge in [0.2, 0.25) is 0 Å². The number of para-hydroxylation sites is 2. The Morgan fingerprint density at radius 1 is 1.07 bits per heavy atom. The number of anilines is 2. The van der Waals surface area contributed by atoms with Crippen LogP contribution in [0.4, 0.5) is 20.3 Å². The van der Waals surface area contributed by atoms with Gasteiger partial charge in [-0.05, 0) is 25.1 Å². The van der Waals surface area contributed by atoms with E-state index in [4.69, 9.17) is 4.74 Å². The first-order valence-corrected chi connectivity index (χ1v) is 8.44. The van der Waals surface area contributed by atoms with E-state index >= 15 is 0 Å². The van der Waals surface area contributed by atoms with Gasteiger partial charge < -0.3 is 15.4 Å². The number of amides is 1. The molecule has 6 nitrogen and oxygen atoms in total. The summed E-state index contributed by atoms with van der Waals surface area (Å²) in [4.78, 5) is 20.7. The molecule has 2 N–H and O–H groups in total. The number of hydrogen-bond acceptors (Lipinski definition) is 5. The summed E-state index contributed by atoms with van der Waals surface area (Å²) in [7, 11) is 1.55. The van der Waals surface area contributed by atoms with Gasteiger partial charge in [0.15, 0.2) is 0 Å². The van der Waals surface area contributed by atoms with Crippen LogP contribution in [0.2, 0.25) is 0 Å². The van der Waals surface area contributed by atoms with E-state index in [1.165, 1.54) is 12.1 Å². The summed E-state index contributed by atoms with van der Waals surface area (Å²) < 4.78 is 32.9. The second-order valence-electron chi connectivity index (χ2n) is 5.90. The Morgan fingerprint density at radius 3 is 2.50 bits per heavy atom. The van der Waals surface area contributed by atoms with Gasteiger partial charge in [0.1, 0.15) is 40.4 Å². The summed E-state index contributed by atoms with van der Waals surface area (Å²) in [6.45, 7) is 1.82. The van der Waals surface area contributed by atoms with Crippen molar-refractivity contribution in [2.75, 3.05) is 12.4 Å². The molecule has 28 heavy (non-hydrogen) atoms. The maximum Gasteiger partial charge on any atom is 0.270 e. The second-order valence-corrected chi connectivity index (χ2v) is 5.90. The van der Waals surface area contributed by atoms with Gasteiger partial charge in [-0.25, -0.2) is 18.7 Å². The average Bonchev–Trinajstić information content (AvgIpc) is 2.69. The number of halogens is 2. The Morgan fingerprint density at radius 2 is 1.79 bits per heavy atom. The van der Waals surface area contributed by atoms with Crippen molar-refractivity contribution in [1.82, 2.24) is 15.3 Å². The third kappa shape index (κ3) is 4.40. The number of aryl methyl sites for hydroxylation is 1. The molecule has 0 atom stereocenters. The van der Waals surface area contributed by atoms with Crippen LogP contribution in [0.25, 0.3) is 0 Å². The largest absolute Gasteiger partial charge is 0.496 e. The number of nitrogens with zero attached hydrogens (tertiary/aromatic N) is 2. The highest BCUT2D eigenvalue weighted by molar-refractivity contribution is 5.93. The zero-order chi connectivity index (χ0) is 20.1. The molecule has 0 aliphatic heterocycles. The van der Waals surface area contributed by atoms with Gasteiger partial charge in [-0.3, -0.25) is 4.79 Å². The predicted octanol–water partition coefficient (Wildman–Crippen LogP) is 3.75. The van der Waals surface area contributed by atoms with Crippen molar-refractivity contribution in [3.63, 3.8) is 0 Å². The van der Waals surface area contributed by atoms with Crippen LogP contribution in [0.5, 0.6) is 5.75 Å². The Bertz CT molecular complexity index is 991. The van der Waals surface area contributed by atoms with Gasteiger partial charge >= 0.3 is 0 Å². The van der Waals surface area contributed by atoms with Gasteiger partial charge in [-0.2, -0.15) is 0 Å². The molecule has 3 aromatic rings. The molecular formula is C20H18F2N4O2. The first-order valence-electron chi connectivity index (χ1n) is 8.44. The number of benzene rings is 2. The molecule has 0 fully saturated rings. The number of carbonyl (C=O) groups excluding carboxylic acids is 1. The van der Waals surface area contributed by atoms with Crippen molar-refractivity contribution in [2.45, 2.75) is 13.5 Å². The SMILES string of the molecule is COc1ccccc1CNC(=O)c1cc(Nc2c(F)cccc2F)nc(C)n1. The lowest BCUT2D eigenvalue weighted by atomic mass is 10.2. The summed E-state index contributed by atoms with van der Waals surface area (Å²) in [6, 6.07) is 12.1. The van der Waals surface area contributed by atoms with E-state index in [0.717, 1.165) is 17.7 Å². The highest BCUT2D eigenvalue weighted by Crippen LogP contribution is 2.22. The molecule has 0 bridgehead atoms. The number of methoxy groups -OCH3 is 1. The Hall–Kier alpha value is -3.55. The quantitative estimate of drug-likeness (QED) is 0.677. The van der Waals surface area contributed by atoms with E-state index in [0.29, 0.717) is 5.75 Å². The normalized spacial score (nSPS) is 10.4. The van der Waals surface area contributed by atoms with E-state index < -0.39 is 17.5 Å². The van der Waals surface area contributed by atoms with E-state index in [9.17, 15) is 13.6 Å². The molecule has 3 rings (SSSR count). The molecule has 0 saturated heterocycles. The molecule has 144 valence electrons. The Labute approximate surface area is 160 Å². The molecule has 8 heteroatoms. The predicted molar refractivity (Wildman–Crippen MR) is 101 cm³/mol. The summed E-state index contributed by atoms with van der Waals surface area (Å²) in [5.74, 6) is -0.937. The molecule has 1 aromatic heterocycles. The monoisotopic (exact) mass is 384 g/mol. The number of hydrogen-bond donors (Lipinski definition) is 2. The van der Waals surface area contributed by atoms with Gasteiger partial charge in [0.05, 0.1) is 7.11 Å². The summed E-state index contributed by atoms with van der Waals surface area (Å²) in [5.41, 5.74) is 0.526. The van der Waals surface area contributed by atoms with Crippen molar-refractivity contribution in [3.8, 4) is 5.75 Å². The molecular weight excluding hydrogens is 366 g/mol. The number of carbonyl (C=O) groups is 1. The minimum atomic E-state index is -0.765. The van der Waals surface area contributed by atoms with Crippen LogP contribution in [0.3, 0.4) is 0 Å². The second kappa shape index (κ2) is 8.43. The fourth-order valence-corrected chi connectivity index (χ4v) is 2.61. The maximum atomic E-state index is 13.8. The lowest BCUT2D eigenvalue weighted by molar-refractivity contribution is 0.0945. The molecule has 0 aliphatic rings. The number of aromatic nitrogens is 2. The first kappa shape index (κ1) is 19.2. The minimum Gasteiger partial charge on any atom is -0.496 e. The average molecular weight is 384 g/mol. The zero-order valence-electron chi connectivity index (χ0n) is 15.3. The van der Waals surface area contributed by atoms with Crippen LogP contribution in [0.1, 0.15) is 21.9 Å². The lowest BCUT2D eigenvalue weighted by Crippen LogP contribution is -2.24. The fraction of sp³-hybridized carbons (Fsp3) is 0.150.